The third kappa shape index (κ3) is 6.52. The maximum Gasteiger partial charge on any atom is 0.319 e. The van der Waals surface area contributed by atoms with Crippen molar-refractivity contribution in [2.45, 2.75) is 27.2 Å². The molecule has 0 radical (unpaired) electrons. The lowest BCUT2D eigenvalue weighted by Crippen LogP contribution is -2.30. The Morgan fingerprint density at radius 2 is 2.15 bits per heavy atom. The van der Waals surface area contributed by atoms with E-state index in [2.05, 4.69) is 24.5 Å². The molecule has 0 aliphatic carbocycles. The Kier molecular flexibility index (Phi) is 7.01. The van der Waals surface area contributed by atoms with Gasteiger partial charge in [-0.05, 0) is 37.0 Å². The number of rotatable bonds is 7. The van der Waals surface area contributed by atoms with Gasteiger partial charge in [0.05, 0.1) is 0 Å². The summed E-state index contributed by atoms with van der Waals surface area (Å²) < 4.78 is 18.7. The predicted molar refractivity (Wildman–Crippen MR) is 78.4 cm³/mol. The summed E-state index contributed by atoms with van der Waals surface area (Å²) in [6.07, 6.45) is 0.752. The quantitative estimate of drug-likeness (QED) is 0.754. The van der Waals surface area contributed by atoms with Crippen molar-refractivity contribution in [3.8, 4) is 0 Å². The second-order valence-corrected chi connectivity index (χ2v) is 5.17. The molecule has 4 nitrogen and oxygen atoms in total. The van der Waals surface area contributed by atoms with Gasteiger partial charge >= 0.3 is 6.03 Å². The Balaban J connectivity index is 2.18. The molecule has 0 aliphatic rings. The normalized spacial score (nSPS) is 10.7. The maximum atomic E-state index is 13.3. The van der Waals surface area contributed by atoms with Gasteiger partial charge in [0.15, 0.2) is 0 Å². The van der Waals surface area contributed by atoms with Crippen molar-refractivity contribution in [1.82, 2.24) is 5.32 Å². The number of hydrogen-bond acceptors (Lipinski definition) is 2. The lowest BCUT2D eigenvalue weighted by Gasteiger charge is -2.09. The first kappa shape index (κ1) is 16.4. The third-order valence-electron chi connectivity index (χ3n) is 2.63. The minimum atomic E-state index is -0.336. The number of carbonyl (C=O) groups is 1. The molecule has 5 heteroatoms. The topological polar surface area (TPSA) is 50.4 Å². The first-order chi connectivity index (χ1) is 9.49. The van der Waals surface area contributed by atoms with E-state index in [-0.39, 0.29) is 11.8 Å². The largest absolute Gasteiger partial charge is 0.381 e. The predicted octanol–water partition coefficient (Wildman–Crippen LogP) is 3.32. The molecule has 0 aromatic heterocycles. The zero-order valence-electron chi connectivity index (χ0n) is 12.3. The smallest absolute Gasteiger partial charge is 0.319 e. The van der Waals surface area contributed by atoms with E-state index in [1.165, 1.54) is 6.07 Å². The number of hydrogen-bond donors (Lipinski definition) is 2. The van der Waals surface area contributed by atoms with Crippen LogP contribution in [0.15, 0.2) is 18.2 Å². The molecule has 0 saturated carbocycles. The van der Waals surface area contributed by atoms with Crippen LogP contribution in [0.3, 0.4) is 0 Å². The number of benzene rings is 1. The van der Waals surface area contributed by atoms with Crippen LogP contribution in [0.5, 0.6) is 0 Å². The van der Waals surface area contributed by atoms with Crippen LogP contribution in [-0.2, 0) is 4.74 Å². The van der Waals surface area contributed by atoms with E-state index in [9.17, 15) is 9.18 Å². The van der Waals surface area contributed by atoms with Crippen LogP contribution >= 0.6 is 0 Å². The fourth-order valence-corrected chi connectivity index (χ4v) is 1.54. The second-order valence-electron chi connectivity index (χ2n) is 5.17. The molecule has 0 spiro atoms. The summed E-state index contributed by atoms with van der Waals surface area (Å²) >= 11 is 0. The van der Waals surface area contributed by atoms with Crippen LogP contribution in [0.2, 0.25) is 0 Å². The summed E-state index contributed by atoms with van der Waals surface area (Å²) in [5.41, 5.74) is 1.000. The zero-order valence-corrected chi connectivity index (χ0v) is 12.3. The standard InChI is InChI=1S/C15H23FN2O2/c1-11(2)10-20-8-4-7-17-15(19)18-13-6-5-12(3)14(16)9-13/h5-6,9,11H,4,7-8,10H2,1-3H3,(H2,17,18,19). The van der Waals surface area contributed by atoms with Gasteiger partial charge in [0.25, 0.3) is 0 Å². The number of nitrogens with one attached hydrogen (secondary N) is 2. The molecule has 2 amide bonds. The summed E-state index contributed by atoms with van der Waals surface area (Å²) in [5.74, 6) is 0.188. The SMILES string of the molecule is Cc1ccc(NC(=O)NCCCOCC(C)C)cc1F. The third-order valence-corrected chi connectivity index (χ3v) is 2.63. The van der Waals surface area contributed by atoms with Gasteiger partial charge in [-0.1, -0.05) is 19.9 Å². The van der Waals surface area contributed by atoms with Crippen LogP contribution in [0.1, 0.15) is 25.8 Å². The van der Waals surface area contributed by atoms with Gasteiger partial charge in [-0.25, -0.2) is 9.18 Å². The minimum Gasteiger partial charge on any atom is -0.381 e. The van der Waals surface area contributed by atoms with E-state index in [0.717, 1.165) is 13.0 Å². The molecule has 1 aromatic rings. The lowest BCUT2D eigenvalue weighted by molar-refractivity contribution is 0.108. The average molecular weight is 282 g/mol. The molecule has 0 fully saturated rings. The van der Waals surface area contributed by atoms with Crippen molar-refractivity contribution >= 4 is 11.7 Å². The number of urea groups is 1. The van der Waals surface area contributed by atoms with Gasteiger partial charge in [-0.15, -0.1) is 0 Å². The fraction of sp³-hybridized carbons (Fsp3) is 0.533. The summed E-state index contributed by atoms with van der Waals surface area (Å²) in [4.78, 5) is 11.6. The average Bonchev–Trinajstić information content (AvgIpc) is 2.38. The van der Waals surface area contributed by atoms with Crippen molar-refractivity contribution in [1.29, 1.82) is 0 Å². The molecule has 0 saturated heterocycles. The van der Waals surface area contributed by atoms with Gasteiger partial charge in [-0.2, -0.15) is 0 Å². The van der Waals surface area contributed by atoms with Gasteiger partial charge in [-0.3, -0.25) is 0 Å². The number of aryl methyl sites for hydroxylation is 1. The Morgan fingerprint density at radius 3 is 2.80 bits per heavy atom. The number of anilines is 1. The first-order valence-corrected chi connectivity index (χ1v) is 6.87. The van der Waals surface area contributed by atoms with Crippen molar-refractivity contribution in [2.75, 3.05) is 25.1 Å². The summed E-state index contributed by atoms with van der Waals surface area (Å²) in [5, 5.41) is 5.29. The molecule has 20 heavy (non-hydrogen) atoms. The lowest BCUT2D eigenvalue weighted by atomic mass is 10.2. The fourth-order valence-electron chi connectivity index (χ4n) is 1.54. The highest BCUT2D eigenvalue weighted by molar-refractivity contribution is 5.89. The Hall–Kier alpha value is -1.62. The number of carbonyl (C=O) groups excluding carboxylic acids is 1. The molecule has 0 unspecified atom stereocenters. The molecule has 0 aliphatic heterocycles. The summed E-state index contributed by atoms with van der Waals surface area (Å²) in [7, 11) is 0. The Labute approximate surface area is 119 Å². The first-order valence-electron chi connectivity index (χ1n) is 6.87. The monoisotopic (exact) mass is 282 g/mol. The number of halogens is 1. The van der Waals surface area contributed by atoms with Gasteiger partial charge < -0.3 is 15.4 Å². The Bertz CT molecular complexity index is 436. The highest BCUT2D eigenvalue weighted by Gasteiger charge is 2.03. The van der Waals surface area contributed by atoms with E-state index in [0.29, 0.717) is 30.3 Å². The second kappa shape index (κ2) is 8.53. The van der Waals surface area contributed by atoms with Crippen LogP contribution in [-0.4, -0.2) is 25.8 Å². The molecule has 0 atom stereocenters. The summed E-state index contributed by atoms with van der Waals surface area (Å²) in [6.45, 7) is 7.74. The maximum absolute atomic E-state index is 13.3. The van der Waals surface area contributed by atoms with Gasteiger partial charge in [0.2, 0.25) is 0 Å². The molecule has 1 aromatic carbocycles. The highest BCUT2D eigenvalue weighted by atomic mass is 19.1. The Morgan fingerprint density at radius 1 is 1.40 bits per heavy atom. The van der Waals surface area contributed by atoms with Gasteiger partial charge in [0, 0.05) is 25.4 Å². The van der Waals surface area contributed by atoms with Crippen molar-refractivity contribution in [2.24, 2.45) is 5.92 Å². The minimum absolute atomic E-state index is 0.329. The van der Waals surface area contributed by atoms with Crippen molar-refractivity contribution in [3.05, 3.63) is 29.6 Å². The molecule has 112 valence electrons. The van der Waals surface area contributed by atoms with Crippen LogP contribution in [0.4, 0.5) is 14.9 Å². The number of ether oxygens (including phenoxy) is 1. The van der Waals surface area contributed by atoms with Gasteiger partial charge in [0.1, 0.15) is 5.82 Å². The van der Waals surface area contributed by atoms with E-state index >= 15 is 0 Å². The molecule has 0 heterocycles. The van der Waals surface area contributed by atoms with Crippen LogP contribution < -0.4 is 10.6 Å². The summed E-state index contributed by atoms with van der Waals surface area (Å²) in [6, 6.07) is 4.27. The van der Waals surface area contributed by atoms with Crippen molar-refractivity contribution in [3.63, 3.8) is 0 Å². The highest BCUT2D eigenvalue weighted by Crippen LogP contribution is 2.13. The van der Waals surface area contributed by atoms with Crippen LogP contribution in [0, 0.1) is 18.7 Å². The van der Waals surface area contributed by atoms with E-state index in [1.54, 1.807) is 19.1 Å². The molecule has 1 rings (SSSR count). The zero-order chi connectivity index (χ0) is 15.0. The molecular formula is C15H23FN2O2. The van der Waals surface area contributed by atoms with E-state index in [4.69, 9.17) is 4.74 Å². The van der Waals surface area contributed by atoms with E-state index in [1.807, 2.05) is 0 Å². The number of amides is 2. The molecule has 0 bridgehead atoms. The molecular weight excluding hydrogens is 259 g/mol. The van der Waals surface area contributed by atoms with Crippen LogP contribution in [0.25, 0.3) is 0 Å². The molecule has 2 N–H and O–H groups in total. The van der Waals surface area contributed by atoms with Crippen molar-refractivity contribution < 1.29 is 13.9 Å². The van der Waals surface area contributed by atoms with E-state index < -0.39 is 0 Å².